The molecular weight excluding hydrogens is 666 g/mol. The summed E-state index contributed by atoms with van der Waals surface area (Å²) in [6.07, 6.45) is -1.38. The molecule has 0 unspecified atom stereocenters. The normalized spacial score (nSPS) is 18.1. The van der Waals surface area contributed by atoms with Crippen LogP contribution in [0.15, 0.2) is 134 Å². The summed E-state index contributed by atoms with van der Waals surface area (Å²) in [4.78, 5) is 68.5. The Hall–Kier alpha value is -6.57. The molecule has 4 atom stereocenters. The fourth-order valence-corrected chi connectivity index (χ4v) is 5.93. The second kappa shape index (κ2) is 15.1. The van der Waals surface area contributed by atoms with E-state index in [9.17, 15) is 19.2 Å². The zero-order chi connectivity index (χ0) is 36.0. The number of anilines is 1. The van der Waals surface area contributed by atoms with Crippen LogP contribution in [-0.4, -0.2) is 75.3 Å². The molecular formula is C39H31N5O8. The Morgan fingerprint density at radius 1 is 0.673 bits per heavy atom. The van der Waals surface area contributed by atoms with Crippen LogP contribution in [-0.2, 0) is 18.9 Å². The molecule has 0 bridgehead atoms. The van der Waals surface area contributed by atoms with Gasteiger partial charge in [-0.15, -0.1) is 0 Å². The van der Waals surface area contributed by atoms with Gasteiger partial charge in [-0.05, 0) is 48.5 Å². The van der Waals surface area contributed by atoms with Crippen LogP contribution in [0.2, 0.25) is 0 Å². The highest BCUT2D eigenvalue weighted by Gasteiger charge is 2.50. The summed E-state index contributed by atoms with van der Waals surface area (Å²) in [6.45, 7) is -0.283. The molecule has 52 heavy (non-hydrogen) atoms. The maximum absolute atomic E-state index is 14.0. The van der Waals surface area contributed by atoms with Gasteiger partial charge >= 0.3 is 11.9 Å². The number of amides is 2. The monoisotopic (exact) mass is 697 g/mol. The van der Waals surface area contributed by atoms with Crippen LogP contribution in [0.5, 0.6) is 0 Å². The average molecular weight is 698 g/mol. The van der Waals surface area contributed by atoms with Gasteiger partial charge in [0.2, 0.25) is 0 Å². The molecule has 0 spiro atoms. The van der Waals surface area contributed by atoms with Crippen molar-refractivity contribution in [2.45, 2.75) is 24.5 Å². The molecule has 3 heterocycles. The van der Waals surface area contributed by atoms with Gasteiger partial charge in [-0.3, -0.25) is 14.2 Å². The van der Waals surface area contributed by atoms with E-state index in [0.717, 1.165) is 4.90 Å². The lowest BCUT2D eigenvalue weighted by atomic mass is 10.1. The SMILES string of the molecule is CO[C@@H]1[C@H](OC(=O)c2ccccc2)[C@@H](COC(=O)c2ccccc2)O[C@H]1n1cnc2c(N(C(=O)c3ccccc3)C(=O)c3ccccc3)ncnc21. The summed E-state index contributed by atoms with van der Waals surface area (Å²) in [6, 6.07) is 33.6. The van der Waals surface area contributed by atoms with Crippen LogP contribution in [0.25, 0.3) is 11.2 Å². The minimum atomic E-state index is -1.05. The number of benzene rings is 4. The topological polar surface area (TPSA) is 152 Å². The molecule has 260 valence electrons. The number of carbonyl (C=O) groups is 4. The second-order valence-corrected chi connectivity index (χ2v) is 11.7. The second-order valence-electron chi connectivity index (χ2n) is 11.7. The minimum absolute atomic E-state index is 0.0567. The minimum Gasteiger partial charge on any atom is -0.459 e. The van der Waals surface area contributed by atoms with Gasteiger partial charge < -0.3 is 18.9 Å². The quantitative estimate of drug-likeness (QED) is 0.135. The highest BCUT2D eigenvalue weighted by Crippen LogP contribution is 2.37. The van der Waals surface area contributed by atoms with E-state index in [4.69, 9.17) is 18.9 Å². The van der Waals surface area contributed by atoms with Crippen molar-refractivity contribution in [2.24, 2.45) is 0 Å². The van der Waals surface area contributed by atoms with E-state index in [-0.39, 0.29) is 34.7 Å². The number of esters is 2. The van der Waals surface area contributed by atoms with Gasteiger partial charge in [0.05, 0.1) is 17.5 Å². The number of imide groups is 1. The number of imidazole rings is 1. The zero-order valence-electron chi connectivity index (χ0n) is 27.7. The van der Waals surface area contributed by atoms with E-state index < -0.39 is 48.3 Å². The van der Waals surface area contributed by atoms with E-state index >= 15 is 0 Å². The smallest absolute Gasteiger partial charge is 0.338 e. The lowest BCUT2D eigenvalue weighted by Gasteiger charge is -2.23. The summed E-state index contributed by atoms with van der Waals surface area (Å²) >= 11 is 0. The Morgan fingerprint density at radius 2 is 1.19 bits per heavy atom. The molecule has 6 aromatic rings. The maximum Gasteiger partial charge on any atom is 0.338 e. The number of carbonyl (C=O) groups excluding carboxylic acids is 4. The molecule has 1 aliphatic rings. The van der Waals surface area contributed by atoms with Crippen molar-refractivity contribution in [3.05, 3.63) is 156 Å². The van der Waals surface area contributed by atoms with Crippen LogP contribution < -0.4 is 4.90 Å². The van der Waals surface area contributed by atoms with Gasteiger partial charge in [0, 0.05) is 18.2 Å². The van der Waals surface area contributed by atoms with E-state index in [2.05, 4.69) is 15.0 Å². The summed E-state index contributed by atoms with van der Waals surface area (Å²) < 4.78 is 25.4. The van der Waals surface area contributed by atoms with Crippen LogP contribution >= 0.6 is 0 Å². The summed E-state index contributed by atoms with van der Waals surface area (Å²) in [7, 11) is 1.43. The van der Waals surface area contributed by atoms with E-state index in [1.54, 1.807) is 121 Å². The Labute approximate surface area is 297 Å². The van der Waals surface area contributed by atoms with Gasteiger partial charge in [-0.2, -0.15) is 0 Å². The number of nitrogens with zero attached hydrogens (tertiary/aromatic N) is 5. The molecule has 1 saturated heterocycles. The van der Waals surface area contributed by atoms with Gasteiger partial charge in [0.25, 0.3) is 11.8 Å². The summed E-state index contributed by atoms with van der Waals surface area (Å²) in [5.74, 6) is -2.52. The summed E-state index contributed by atoms with van der Waals surface area (Å²) in [5, 5.41) is 0. The Balaban J connectivity index is 1.25. The van der Waals surface area contributed by atoms with Crippen molar-refractivity contribution in [3.63, 3.8) is 0 Å². The third kappa shape index (κ3) is 6.77. The lowest BCUT2D eigenvalue weighted by Crippen LogP contribution is -2.39. The van der Waals surface area contributed by atoms with Crippen LogP contribution in [0.1, 0.15) is 47.7 Å². The van der Waals surface area contributed by atoms with Crippen molar-refractivity contribution in [2.75, 3.05) is 18.6 Å². The first-order valence-corrected chi connectivity index (χ1v) is 16.3. The largest absolute Gasteiger partial charge is 0.459 e. The molecule has 1 fully saturated rings. The molecule has 2 aromatic heterocycles. The van der Waals surface area contributed by atoms with Crippen molar-refractivity contribution in [3.8, 4) is 0 Å². The number of fused-ring (bicyclic) bond motifs is 1. The molecule has 0 radical (unpaired) electrons. The average Bonchev–Trinajstić information content (AvgIpc) is 3.79. The zero-order valence-corrected chi connectivity index (χ0v) is 27.7. The number of hydrogen-bond acceptors (Lipinski definition) is 11. The number of aromatic nitrogens is 4. The van der Waals surface area contributed by atoms with E-state index in [1.807, 2.05) is 0 Å². The third-order valence-corrected chi connectivity index (χ3v) is 8.47. The fourth-order valence-electron chi connectivity index (χ4n) is 5.93. The van der Waals surface area contributed by atoms with Crippen LogP contribution in [0.3, 0.4) is 0 Å². The van der Waals surface area contributed by atoms with Gasteiger partial charge in [-0.25, -0.2) is 29.4 Å². The highest BCUT2D eigenvalue weighted by atomic mass is 16.6. The van der Waals surface area contributed by atoms with Crippen LogP contribution in [0, 0.1) is 0 Å². The van der Waals surface area contributed by atoms with Crippen molar-refractivity contribution in [1.29, 1.82) is 0 Å². The van der Waals surface area contributed by atoms with Crippen molar-refractivity contribution >= 4 is 40.7 Å². The lowest BCUT2D eigenvalue weighted by molar-refractivity contribution is -0.0620. The molecule has 0 saturated carbocycles. The molecule has 13 nitrogen and oxygen atoms in total. The number of methoxy groups -OCH3 is 1. The first kappa shape index (κ1) is 33.9. The molecule has 2 amide bonds. The molecule has 1 aliphatic heterocycles. The first-order valence-electron chi connectivity index (χ1n) is 16.3. The van der Waals surface area contributed by atoms with E-state index in [0.29, 0.717) is 11.1 Å². The fraction of sp³-hybridized carbons (Fsp3) is 0.154. The molecule has 0 N–H and O–H groups in total. The predicted octanol–water partition coefficient (Wildman–Crippen LogP) is 5.31. The standard InChI is InChI=1S/C39H31N5O8/c1-49-32-31(52-39(48)28-20-12-5-13-21-28)29(22-50-38(47)27-18-10-4-11-19-27)51-37(32)43-24-42-30-33(43)40-23-41-34(30)44(35(45)25-14-6-2-7-15-25)36(46)26-16-8-3-9-17-26/h2-21,23-24,29,31-32,37H,22H2,1H3/t29-,31-,32-,37-/m1/s1. The Bertz CT molecular complexity index is 2150. The van der Waals surface area contributed by atoms with Crippen molar-refractivity contribution < 1.29 is 38.1 Å². The number of ether oxygens (including phenoxy) is 4. The van der Waals surface area contributed by atoms with Crippen LogP contribution in [0.4, 0.5) is 5.82 Å². The maximum atomic E-state index is 14.0. The van der Waals surface area contributed by atoms with E-state index in [1.165, 1.54) is 24.3 Å². The molecule has 13 heteroatoms. The first-order chi connectivity index (χ1) is 25.4. The molecule has 0 aliphatic carbocycles. The van der Waals surface area contributed by atoms with Gasteiger partial charge in [0.15, 0.2) is 29.3 Å². The summed E-state index contributed by atoms with van der Waals surface area (Å²) in [5.41, 5.74) is 1.46. The Kier molecular flexibility index (Phi) is 9.86. The predicted molar refractivity (Wildman–Crippen MR) is 186 cm³/mol. The van der Waals surface area contributed by atoms with Crippen molar-refractivity contribution in [1.82, 2.24) is 19.5 Å². The number of hydrogen-bond donors (Lipinski definition) is 0. The van der Waals surface area contributed by atoms with Gasteiger partial charge in [-0.1, -0.05) is 72.8 Å². The number of rotatable bonds is 10. The molecule has 7 rings (SSSR count). The van der Waals surface area contributed by atoms with Gasteiger partial charge in [0.1, 0.15) is 25.1 Å². The third-order valence-electron chi connectivity index (χ3n) is 8.47. The Morgan fingerprint density at radius 3 is 1.73 bits per heavy atom. The highest BCUT2D eigenvalue weighted by molar-refractivity contribution is 6.27. The molecule has 4 aromatic carbocycles.